The monoisotopic (exact) mass is 423 g/mol. The number of imide groups is 1. The van der Waals surface area contributed by atoms with Gasteiger partial charge in [0.25, 0.3) is 0 Å². The van der Waals surface area contributed by atoms with Crippen molar-refractivity contribution in [2.75, 3.05) is 19.8 Å². The lowest BCUT2D eigenvalue weighted by Crippen LogP contribution is -2.39. The van der Waals surface area contributed by atoms with Crippen LogP contribution in [0.2, 0.25) is 0 Å². The molecule has 0 aromatic heterocycles. The second kappa shape index (κ2) is 8.77. The Balaban J connectivity index is 1.40. The molecule has 0 saturated carbocycles. The van der Waals surface area contributed by atoms with Crippen LogP contribution in [0.1, 0.15) is 53.4 Å². The number of amides is 2. The zero-order valence-corrected chi connectivity index (χ0v) is 18.3. The summed E-state index contributed by atoms with van der Waals surface area (Å²) in [5.41, 5.74) is -0.912. The number of nitrogens with zero attached hydrogens (tertiary/aromatic N) is 1. The van der Waals surface area contributed by atoms with Gasteiger partial charge in [-0.3, -0.25) is 19.3 Å². The molecule has 0 aromatic rings. The molecule has 0 radical (unpaired) electrons. The summed E-state index contributed by atoms with van der Waals surface area (Å²) in [5, 5.41) is 8.68. The van der Waals surface area contributed by atoms with E-state index in [0.717, 1.165) is 0 Å². The lowest BCUT2D eigenvalue weighted by atomic mass is 9.85. The second-order valence-electron chi connectivity index (χ2n) is 9.54. The molecule has 8 heteroatoms. The Labute approximate surface area is 177 Å². The molecule has 0 aromatic carbocycles. The molecule has 168 valence electrons. The van der Waals surface area contributed by atoms with Crippen LogP contribution in [-0.2, 0) is 28.6 Å². The van der Waals surface area contributed by atoms with Crippen LogP contribution in [-0.4, -0.2) is 71.0 Å². The number of carboxylic acids is 1. The van der Waals surface area contributed by atoms with Crippen LogP contribution in [0.3, 0.4) is 0 Å². The van der Waals surface area contributed by atoms with Gasteiger partial charge < -0.3 is 19.3 Å². The van der Waals surface area contributed by atoms with Gasteiger partial charge in [0.05, 0.1) is 41.9 Å². The van der Waals surface area contributed by atoms with Crippen LogP contribution < -0.4 is 0 Å². The van der Waals surface area contributed by atoms with Gasteiger partial charge in [-0.25, -0.2) is 0 Å². The van der Waals surface area contributed by atoms with Crippen molar-refractivity contribution in [3.63, 3.8) is 0 Å². The SMILES string of the molecule is CC(C)(CCOC(C)(C)CCN1C(=O)C2C3C=CC(O3)C2C1=O)OCCCC(=O)O. The van der Waals surface area contributed by atoms with E-state index >= 15 is 0 Å². The fraction of sp³-hybridized carbons (Fsp3) is 0.773. The number of likely N-dealkylation sites (tertiary alicyclic amines) is 1. The minimum Gasteiger partial charge on any atom is -0.481 e. The van der Waals surface area contributed by atoms with Gasteiger partial charge in [-0.05, 0) is 47.0 Å². The standard InChI is InChI=1S/C22H33NO7/c1-21(2,29-13-10-22(3,4)28-12-5-6-16(24)25)9-11-23-19(26)17-14-7-8-15(30-14)18(17)20(23)27/h7-8,14-15,17-18H,5-6,9-13H2,1-4H3,(H,24,25). The predicted molar refractivity (Wildman–Crippen MR) is 108 cm³/mol. The third kappa shape index (κ3) is 5.10. The van der Waals surface area contributed by atoms with Gasteiger partial charge in [-0.15, -0.1) is 0 Å². The van der Waals surface area contributed by atoms with Crippen LogP contribution in [0.15, 0.2) is 12.2 Å². The Morgan fingerprint density at radius 2 is 1.53 bits per heavy atom. The van der Waals surface area contributed by atoms with Gasteiger partial charge >= 0.3 is 5.97 Å². The van der Waals surface area contributed by atoms with Crippen molar-refractivity contribution in [1.29, 1.82) is 0 Å². The summed E-state index contributed by atoms with van der Waals surface area (Å²) in [4.78, 5) is 37.4. The van der Waals surface area contributed by atoms with Gasteiger partial charge in [0.2, 0.25) is 11.8 Å². The average molecular weight is 424 g/mol. The number of rotatable bonds is 12. The van der Waals surface area contributed by atoms with Crippen molar-refractivity contribution in [3.05, 3.63) is 12.2 Å². The van der Waals surface area contributed by atoms with E-state index in [-0.39, 0.29) is 42.3 Å². The van der Waals surface area contributed by atoms with Gasteiger partial charge in [0.1, 0.15) is 0 Å². The molecule has 1 N–H and O–H groups in total. The number of fused-ring (bicyclic) bond motifs is 5. The molecule has 2 fully saturated rings. The Morgan fingerprint density at radius 3 is 2.10 bits per heavy atom. The third-order valence-corrected chi connectivity index (χ3v) is 6.16. The van der Waals surface area contributed by atoms with E-state index in [2.05, 4.69) is 0 Å². The van der Waals surface area contributed by atoms with Crippen LogP contribution in [0.25, 0.3) is 0 Å². The van der Waals surface area contributed by atoms with Crippen molar-refractivity contribution in [2.45, 2.75) is 76.8 Å². The molecule has 3 aliphatic rings. The van der Waals surface area contributed by atoms with Crippen molar-refractivity contribution < 1.29 is 33.7 Å². The van der Waals surface area contributed by atoms with E-state index in [9.17, 15) is 14.4 Å². The number of hydrogen-bond acceptors (Lipinski definition) is 6. The van der Waals surface area contributed by atoms with Crippen molar-refractivity contribution in [3.8, 4) is 0 Å². The number of carbonyl (C=O) groups excluding carboxylic acids is 2. The number of ether oxygens (including phenoxy) is 3. The molecular weight excluding hydrogens is 390 g/mol. The first-order chi connectivity index (χ1) is 14.0. The Bertz CT molecular complexity index is 684. The van der Waals surface area contributed by atoms with Crippen LogP contribution in [0, 0.1) is 11.8 Å². The largest absolute Gasteiger partial charge is 0.481 e. The highest BCUT2D eigenvalue weighted by Gasteiger charge is 2.60. The fourth-order valence-corrected chi connectivity index (χ4v) is 4.26. The minimum atomic E-state index is -0.823. The smallest absolute Gasteiger partial charge is 0.303 e. The number of hydrogen-bond donors (Lipinski definition) is 1. The summed E-state index contributed by atoms with van der Waals surface area (Å²) in [6, 6.07) is 0. The summed E-state index contributed by atoms with van der Waals surface area (Å²) in [6.07, 6.45) is 5.03. The second-order valence-corrected chi connectivity index (χ2v) is 9.54. The maximum absolute atomic E-state index is 12.7. The van der Waals surface area contributed by atoms with E-state index in [1.807, 2.05) is 39.8 Å². The molecule has 2 bridgehead atoms. The lowest BCUT2D eigenvalue weighted by molar-refractivity contribution is -0.143. The number of carbonyl (C=O) groups is 3. The molecule has 2 amide bonds. The first kappa shape index (κ1) is 22.9. The highest BCUT2D eigenvalue weighted by Crippen LogP contribution is 2.45. The molecule has 4 unspecified atom stereocenters. The van der Waals surface area contributed by atoms with E-state index in [1.165, 1.54) is 4.90 Å². The van der Waals surface area contributed by atoms with Gasteiger partial charge in [0, 0.05) is 19.6 Å². The quantitative estimate of drug-likeness (QED) is 0.291. The van der Waals surface area contributed by atoms with Crippen molar-refractivity contribution >= 4 is 17.8 Å². The number of carboxylic acid groups (broad SMARTS) is 1. The average Bonchev–Trinajstić information content (AvgIpc) is 3.31. The zero-order chi connectivity index (χ0) is 22.1. The van der Waals surface area contributed by atoms with E-state index in [0.29, 0.717) is 39.0 Å². The Kier molecular flexibility index (Phi) is 6.69. The first-order valence-electron chi connectivity index (χ1n) is 10.7. The summed E-state index contributed by atoms with van der Waals surface area (Å²) in [6.45, 7) is 9.01. The third-order valence-electron chi connectivity index (χ3n) is 6.16. The molecule has 3 heterocycles. The first-order valence-corrected chi connectivity index (χ1v) is 10.7. The molecule has 3 aliphatic heterocycles. The number of aliphatic carboxylic acids is 1. The summed E-state index contributed by atoms with van der Waals surface area (Å²) >= 11 is 0. The molecule has 0 aliphatic carbocycles. The molecule has 2 saturated heterocycles. The highest BCUT2D eigenvalue weighted by atomic mass is 16.5. The van der Waals surface area contributed by atoms with Crippen LogP contribution in [0.5, 0.6) is 0 Å². The maximum atomic E-state index is 12.7. The normalized spacial score (nSPS) is 27.9. The molecule has 30 heavy (non-hydrogen) atoms. The van der Waals surface area contributed by atoms with Crippen LogP contribution >= 0.6 is 0 Å². The summed E-state index contributed by atoms with van der Waals surface area (Å²) in [5.74, 6) is -1.81. The Morgan fingerprint density at radius 1 is 1.00 bits per heavy atom. The lowest BCUT2D eigenvalue weighted by Gasteiger charge is -2.31. The van der Waals surface area contributed by atoms with E-state index in [4.69, 9.17) is 19.3 Å². The van der Waals surface area contributed by atoms with Gasteiger partial charge in [-0.1, -0.05) is 12.2 Å². The van der Waals surface area contributed by atoms with Crippen molar-refractivity contribution in [2.24, 2.45) is 11.8 Å². The minimum absolute atomic E-state index is 0.0962. The molecular formula is C22H33NO7. The summed E-state index contributed by atoms with van der Waals surface area (Å²) < 4.78 is 17.5. The van der Waals surface area contributed by atoms with Gasteiger partial charge in [-0.2, -0.15) is 0 Å². The predicted octanol–water partition coefficient (Wildman–Crippen LogP) is 2.16. The van der Waals surface area contributed by atoms with Crippen molar-refractivity contribution in [1.82, 2.24) is 4.90 Å². The molecule has 3 rings (SSSR count). The summed E-state index contributed by atoms with van der Waals surface area (Å²) in [7, 11) is 0. The van der Waals surface area contributed by atoms with Crippen LogP contribution in [0.4, 0.5) is 0 Å². The molecule has 8 nitrogen and oxygen atoms in total. The van der Waals surface area contributed by atoms with Gasteiger partial charge in [0.15, 0.2) is 0 Å². The topological polar surface area (TPSA) is 102 Å². The molecule has 0 spiro atoms. The highest BCUT2D eigenvalue weighted by molar-refractivity contribution is 6.06. The fourth-order valence-electron chi connectivity index (χ4n) is 4.26. The Hall–Kier alpha value is -1.77. The van der Waals surface area contributed by atoms with E-state index in [1.54, 1.807) is 0 Å². The van der Waals surface area contributed by atoms with E-state index < -0.39 is 17.2 Å². The zero-order valence-electron chi connectivity index (χ0n) is 18.3. The molecule has 4 atom stereocenters. The maximum Gasteiger partial charge on any atom is 0.303 e.